The van der Waals surface area contributed by atoms with E-state index in [0.29, 0.717) is 30.8 Å². The van der Waals surface area contributed by atoms with Crippen LogP contribution in [-0.4, -0.2) is 28.5 Å². The maximum Gasteiger partial charge on any atom is 0.263 e. The van der Waals surface area contributed by atoms with Crippen LogP contribution >= 0.6 is 11.3 Å². The number of fused-ring (bicyclic) bond motifs is 4. The zero-order chi connectivity index (χ0) is 20.0. The van der Waals surface area contributed by atoms with Crippen LogP contribution in [0.2, 0.25) is 0 Å². The van der Waals surface area contributed by atoms with Gasteiger partial charge in [0, 0.05) is 36.8 Å². The van der Waals surface area contributed by atoms with Crippen molar-refractivity contribution in [3.63, 3.8) is 0 Å². The van der Waals surface area contributed by atoms with E-state index in [1.165, 1.54) is 11.3 Å². The number of carbonyl (C=O) groups is 1. The third kappa shape index (κ3) is 3.08. The molecule has 0 saturated carbocycles. The first-order valence-corrected chi connectivity index (χ1v) is 10.6. The lowest BCUT2D eigenvalue weighted by Gasteiger charge is -2.42. The van der Waals surface area contributed by atoms with Crippen LogP contribution in [-0.2, 0) is 6.54 Å². The molecule has 6 heteroatoms. The lowest BCUT2D eigenvalue weighted by atomic mass is 9.82. The largest absolute Gasteiger partial charge is 0.337 e. The van der Waals surface area contributed by atoms with Gasteiger partial charge < -0.3 is 9.47 Å². The van der Waals surface area contributed by atoms with Crippen LogP contribution in [0, 0.1) is 17.2 Å². The van der Waals surface area contributed by atoms with Crippen LogP contribution in [0.15, 0.2) is 58.7 Å². The number of nitrogens with zero attached hydrogens (tertiary/aromatic N) is 3. The Bertz CT molecular complexity index is 1190. The van der Waals surface area contributed by atoms with E-state index in [-0.39, 0.29) is 23.3 Å². The first-order valence-electron chi connectivity index (χ1n) is 9.71. The molecule has 2 unspecified atom stereocenters. The molecule has 2 aliphatic rings. The highest BCUT2D eigenvalue weighted by Crippen LogP contribution is 2.36. The van der Waals surface area contributed by atoms with Gasteiger partial charge >= 0.3 is 0 Å². The first-order chi connectivity index (χ1) is 14.1. The van der Waals surface area contributed by atoms with Crippen molar-refractivity contribution in [2.24, 2.45) is 5.92 Å². The molecular weight excluding hydrogens is 382 g/mol. The summed E-state index contributed by atoms with van der Waals surface area (Å²) in [4.78, 5) is 28.8. The van der Waals surface area contributed by atoms with Gasteiger partial charge in [-0.2, -0.15) is 5.26 Å². The highest BCUT2D eigenvalue weighted by Gasteiger charge is 2.37. The molecule has 0 radical (unpaired) electrons. The van der Waals surface area contributed by atoms with Gasteiger partial charge in [0.1, 0.15) is 0 Å². The van der Waals surface area contributed by atoms with Crippen LogP contribution in [0.3, 0.4) is 0 Å². The van der Waals surface area contributed by atoms with Gasteiger partial charge in [-0.05, 0) is 53.6 Å². The van der Waals surface area contributed by atoms with Gasteiger partial charge in [0.05, 0.1) is 16.5 Å². The Hall–Kier alpha value is -3.17. The Kier molecular flexibility index (Phi) is 4.33. The summed E-state index contributed by atoms with van der Waals surface area (Å²) >= 11 is 1.47. The van der Waals surface area contributed by atoms with E-state index in [1.807, 2.05) is 45.2 Å². The summed E-state index contributed by atoms with van der Waals surface area (Å²) in [5.74, 6) is 0.553. The lowest BCUT2D eigenvalue weighted by Crippen LogP contribution is -2.49. The summed E-state index contributed by atoms with van der Waals surface area (Å²) in [6.45, 7) is 1.97. The van der Waals surface area contributed by atoms with Crippen molar-refractivity contribution in [1.29, 1.82) is 5.26 Å². The van der Waals surface area contributed by atoms with Crippen LogP contribution in [0.1, 0.15) is 33.3 Å². The van der Waals surface area contributed by atoms with E-state index in [2.05, 4.69) is 6.07 Å². The highest BCUT2D eigenvalue weighted by atomic mass is 32.1. The molecule has 1 saturated heterocycles. The molecule has 1 amide bonds. The Morgan fingerprint density at radius 3 is 2.79 bits per heavy atom. The fraction of sp³-hybridized carbons (Fsp3) is 0.261. The minimum atomic E-state index is -0.00896. The molecule has 3 aromatic rings. The zero-order valence-electron chi connectivity index (χ0n) is 15.7. The molecule has 4 heterocycles. The van der Waals surface area contributed by atoms with Crippen LogP contribution in [0.5, 0.6) is 0 Å². The SMILES string of the molecule is N#Cc1cccc(-c2ccc3n(c2=O)CC2CC3CN(C(=O)c3cccs3)C2)c1. The third-order valence-electron chi connectivity index (χ3n) is 5.93. The fourth-order valence-electron chi connectivity index (χ4n) is 4.64. The quantitative estimate of drug-likeness (QED) is 0.658. The average Bonchev–Trinajstić information content (AvgIpc) is 3.29. The molecule has 1 fully saturated rings. The second kappa shape index (κ2) is 7.02. The second-order valence-electron chi connectivity index (χ2n) is 7.77. The lowest BCUT2D eigenvalue weighted by molar-refractivity contribution is 0.0599. The molecular formula is C23H19N3O2S. The Morgan fingerprint density at radius 2 is 2.00 bits per heavy atom. The van der Waals surface area contributed by atoms with Crippen molar-refractivity contribution in [3.05, 3.63) is 80.4 Å². The van der Waals surface area contributed by atoms with Gasteiger partial charge in [-0.1, -0.05) is 18.2 Å². The number of thiophene rings is 1. The van der Waals surface area contributed by atoms with Crippen LogP contribution in [0.25, 0.3) is 11.1 Å². The van der Waals surface area contributed by atoms with Gasteiger partial charge in [-0.15, -0.1) is 11.3 Å². The number of carbonyl (C=O) groups excluding carboxylic acids is 1. The van der Waals surface area contributed by atoms with E-state index in [1.54, 1.807) is 18.2 Å². The normalized spacial score (nSPS) is 20.0. The summed E-state index contributed by atoms with van der Waals surface area (Å²) < 4.78 is 1.89. The molecule has 1 aromatic carbocycles. The average molecular weight is 401 g/mol. The monoisotopic (exact) mass is 401 g/mol. The molecule has 29 heavy (non-hydrogen) atoms. The minimum Gasteiger partial charge on any atom is -0.337 e. The van der Waals surface area contributed by atoms with Crippen molar-refractivity contribution in [1.82, 2.24) is 9.47 Å². The summed E-state index contributed by atoms with van der Waals surface area (Å²) in [5, 5.41) is 11.1. The van der Waals surface area contributed by atoms with Gasteiger partial charge in [-0.3, -0.25) is 9.59 Å². The Labute approximate surface area is 172 Å². The van der Waals surface area contributed by atoms with Crippen molar-refractivity contribution >= 4 is 17.2 Å². The number of rotatable bonds is 2. The molecule has 144 valence electrons. The van der Waals surface area contributed by atoms with E-state index in [9.17, 15) is 9.59 Å². The van der Waals surface area contributed by atoms with Crippen LogP contribution in [0.4, 0.5) is 0 Å². The van der Waals surface area contributed by atoms with Crippen LogP contribution < -0.4 is 5.56 Å². The maximum atomic E-state index is 13.2. The van der Waals surface area contributed by atoms with Crippen molar-refractivity contribution in [2.45, 2.75) is 18.9 Å². The second-order valence-corrected chi connectivity index (χ2v) is 8.71. The Balaban J connectivity index is 1.49. The number of benzene rings is 1. The topological polar surface area (TPSA) is 66.1 Å². The van der Waals surface area contributed by atoms with Crippen molar-refractivity contribution in [2.75, 3.05) is 13.1 Å². The third-order valence-corrected chi connectivity index (χ3v) is 6.78. The van der Waals surface area contributed by atoms with Crippen molar-refractivity contribution < 1.29 is 4.79 Å². The number of hydrogen-bond donors (Lipinski definition) is 0. The first kappa shape index (κ1) is 17.9. The molecule has 0 spiro atoms. The number of piperidine rings is 1. The Morgan fingerprint density at radius 1 is 1.10 bits per heavy atom. The molecule has 0 N–H and O–H groups in total. The van der Waals surface area contributed by atoms with Crippen molar-refractivity contribution in [3.8, 4) is 17.2 Å². The van der Waals surface area contributed by atoms with E-state index in [4.69, 9.17) is 5.26 Å². The number of nitriles is 1. The van der Waals surface area contributed by atoms with E-state index < -0.39 is 0 Å². The van der Waals surface area contributed by atoms with Gasteiger partial charge in [0.2, 0.25) is 0 Å². The maximum absolute atomic E-state index is 13.2. The molecule has 5 rings (SSSR count). The number of pyridine rings is 1. The predicted molar refractivity (Wildman–Crippen MR) is 112 cm³/mol. The predicted octanol–water partition coefficient (Wildman–Crippen LogP) is 3.71. The molecule has 0 aliphatic carbocycles. The summed E-state index contributed by atoms with van der Waals surface area (Å²) in [6, 6.07) is 17.0. The molecule has 5 nitrogen and oxygen atoms in total. The van der Waals surface area contributed by atoms with Gasteiger partial charge in [-0.25, -0.2) is 0 Å². The smallest absolute Gasteiger partial charge is 0.263 e. The number of amides is 1. The molecule has 2 aromatic heterocycles. The van der Waals surface area contributed by atoms with Gasteiger partial charge in [0.15, 0.2) is 0 Å². The molecule has 2 atom stereocenters. The number of aromatic nitrogens is 1. The number of hydrogen-bond acceptors (Lipinski definition) is 4. The minimum absolute atomic E-state index is 0.00896. The summed E-state index contributed by atoms with van der Waals surface area (Å²) in [5.41, 5.74) is 2.94. The zero-order valence-corrected chi connectivity index (χ0v) is 16.6. The summed E-state index contributed by atoms with van der Waals surface area (Å²) in [6.07, 6.45) is 1.01. The fourth-order valence-corrected chi connectivity index (χ4v) is 5.33. The van der Waals surface area contributed by atoms with E-state index in [0.717, 1.165) is 22.6 Å². The summed E-state index contributed by atoms with van der Waals surface area (Å²) in [7, 11) is 0. The van der Waals surface area contributed by atoms with Gasteiger partial charge in [0.25, 0.3) is 11.5 Å². The van der Waals surface area contributed by atoms with E-state index >= 15 is 0 Å². The molecule has 2 aliphatic heterocycles. The number of likely N-dealkylation sites (tertiary alicyclic amines) is 1. The molecule has 2 bridgehead atoms. The highest BCUT2D eigenvalue weighted by molar-refractivity contribution is 7.12. The standard InChI is InChI=1S/C23H19N3O2S/c24-11-15-3-1-4-17(9-15)19-6-7-20-18-10-16(13-26(20)22(19)27)12-25(14-18)23(28)21-5-2-8-29-21/h1-9,16,18H,10,12-14H2.